The zero-order chi connectivity index (χ0) is 29.8. The summed E-state index contributed by atoms with van der Waals surface area (Å²) in [6.07, 6.45) is -9.17. The molecule has 0 saturated heterocycles. The first-order chi connectivity index (χ1) is 20.0. The van der Waals surface area contributed by atoms with Gasteiger partial charge in [0.25, 0.3) is 0 Å². The standard InChI is InChI=1S/C28H24F6N4O4/c29-27(30,31)25(35-36-25)21-8-10-23(11-9-21)41-14-12-39-17-19-4-6-20(7-5-19)18-40-13-15-42-24-3-1-2-22(16-24)26(37-38-26)28(32,33)34/h1-11,16H,12-15,17-18H2. The van der Waals surface area contributed by atoms with Crippen LogP contribution in [0, 0.1) is 0 Å². The van der Waals surface area contributed by atoms with Gasteiger partial charge in [-0.15, -0.1) is 20.5 Å². The molecule has 8 nitrogen and oxygen atoms in total. The predicted octanol–water partition coefficient (Wildman–Crippen LogP) is 7.24. The smallest absolute Gasteiger partial charge is 0.442 e. The summed E-state index contributed by atoms with van der Waals surface area (Å²) in [6.45, 7) is 1.51. The van der Waals surface area contributed by atoms with E-state index in [-0.39, 0.29) is 43.3 Å². The molecule has 0 radical (unpaired) electrons. The minimum Gasteiger partial charge on any atom is -0.491 e. The van der Waals surface area contributed by atoms with Crippen molar-refractivity contribution >= 4 is 0 Å². The maximum atomic E-state index is 13.2. The number of hydrogen-bond acceptors (Lipinski definition) is 8. The molecule has 222 valence electrons. The van der Waals surface area contributed by atoms with Gasteiger partial charge in [0, 0.05) is 11.1 Å². The Morgan fingerprint density at radius 2 is 1.00 bits per heavy atom. The molecule has 0 saturated carbocycles. The van der Waals surface area contributed by atoms with E-state index in [1.54, 1.807) is 6.07 Å². The fourth-order valence-electron chi connectivity index (χ4n) is 4.02. The van der Waals surface area contributed by atoms with Crippen LogP contribution < -0.4 is 9.47 Å². The van der Waals surface area contributed by atoms with Crippen LogP contribution in [0.1, 0.15) is 22.3 Å². The summed E-state index contributed by atoms with van der Waals surface area (Å²) in [5.74, 6) is 0.674. The van der Waals surface area contributed by atoms with Crippen LogP contribution in [0.4, 0.5) is 26.3 Å². The van der Waals surface area contributed by atoms with Crippen molar-refractivity contribution in [1.29, 1.82) is 0 Å². The van der Waals surface area contributed by atoms with Gasteiger partial charge in [0.05, 0.1) is 26.4 Å². The highest BCUT2D eigenvalue weighted by Gasteiger charge is 2.66. The van der Waals surface area contributed by atoms with Crippen LogP contribution in [-0.4, -0.2) is 38.8 Å². The number of alkyl halides is 6. The summed E-state index contributed by atoms with van der Waals surface area (Å²) in [7, 11) is 0. The zero-order valence-corrected chi connectivity index (χ0v) is 21.9. The van der Waals surface area contributed by atoms with Gasteiger partial charge in [-0.25, -0.2) is 0 Å². The van der Waals surface area contributed by atoms with Gasteiger partial charge in [-0.2, -0.15) is 26.3 Å². The number of halogens is 6. The Hall–Kier alpha value is -4.04. The summed E-state index contributed by atoms with van der Waals surface area (Å²) in [5.41, 5.74) is -3.25. The number of ether oxygens (including phenoxy) is 4. The molecular formula is C28H24F6N4O4. The van der Waals surface area contributed by atoms with Crippen molar-refractivity contribution in [3.63, 3.8) is 0 Å². The highest BCUT2D eigenvalue weighted by Crippen LogP contribution is 2.53. The van der Waals surface area contributed by atoms with Gasteiger partial charge in [-0.05, 0) is 35.4 Å². The van der Waals surface area contributed by atoms with Gasteiger partial charge in [-0.3, -0.25) is 0 Å². The van der Waals surface area contributed by atoms with E-state index in [1.807, 2.05) is 24.3 Å². The largest absolute Gasteiger partial charge is 0.491 e. The first kappa shape index (κ1) is 29.5. The molecule has 0 aliphatic carbocycles. The quantitative estimate of drug-likeness (QED) is 0.146. The molecule has 0 N–H and O–H groups in total. The molecule has 0 atom stereocenters. The van der Waals surface area contributed by atoms with E-state index in [0.717, 1.165) is 11.1 Å². The first-order valence-corrected chi connectivity index (χ1v) is 12.7. The molecular weight excluding hydrogens is 570 g/mol. The second kappa shape index (κ2) is 11.7. The normalized spacial score (nSPS) is 16.3. The summed E-state index contributed by atoms with van der Waals surface area (Å²) in [6, 6.07) is 18.6. The molecule has 14 heteroatoms. The van der Waals surface area contributed by atoms with E-state index in [4.69, 9.17) is 18.9 Å². The van der Waals surface area contributed by atoms with Crippen LogP contribution in [0.5, 0.6) is 11.5 Å². The van der Waals surface area contributed by atoms with Crippen LogP contribution in [-0.2, 0) is 34.0 Å². The maximum Gasteiger partial charge on any atom is 0.442 e. The molecule has 0 fully saturated rings. The topological polar surface area (TPSA) is 86.4 Å². The predicted molar refractivity (Wildman–Crippen MR) is 135 cm³/mol. The third kappa shape index (κ3) is 6.54. The molecule has 2 aliphatic rings. The number of hydrogen-bond donors (Lipinski definition) is 0. The lowest BCUT2D eigenvalue weighted by atomic mass is 10.0. The Morgan fingerprint density at radius 3 is 1.48 bits per heavy atom. The Balaban J connectivity index is 0.951. The number of nitrogens with zero attached hydrogens (tertiary/aromatic N) is 4. The van der Waals surface area contributed by atoms with Crippen LogP contribution >= 0.6 is 0 Å². The Morgan fingerprint density at radius 1 is 0.524 bits per heavy atom. The summed E-state index contributed by atoms with van der Waals surface area (Å²) in [5, 5.41) is 12.7. The summed E-state index contributed by atoms with van der Waals surface area (Å²) in [4.78, 5) is 0. The van der Waals surface area contributed by atoms with Crippen molar-refractivity contribution in [2.24, 2.45) is 20.5 Å². The third-order valence-electron chi connectivity index (χ3n) is 6.44. The highest BCUT2D eigenvalue weighted by atomic mass is 19.4. The van der Waals surface area contributed by atoms with Crippen LogP contribution in [0.2, 0.25) is 0 Å². The second-order valence-corrected chi connectivity index (χ2v) is 9.41. The lowest BCUT2D eigenvalue weighted by Gasteiger charge is -2.15. The Kier molecular flexibility index (Phi) is 8.19. The van der Waals surface area contributed by atoms with Crippen molar-refractivity contribution in [2.75, 3.05) is 26.4 Å². The average molecular weight is 595 g/mol. The van der Waals surface area contributed by atoms with E-state index >= 15 is 0 Å². The average Bonchev–Trinajstić information content (AvgIpc) is 3.87. The van der Waals surface area contributed by atoms with E-state index in [1.165, 1.54) is 42.5 Å². The van der Waals surface area contributed by atoms with Gasteiger partial charge < -0.3 is 18.9 Å². The minimum atomic E-state index is -4.60. The Labute approximate surface area is 236 Å². The number of rotatable bonds is 14. The molecule has 2 heterocycles. The van der Waals surface area contributed by atoms with Gasteiger partial charge >= 0.3 is 23.7 Å². The van der Waals surface area contributed by atoms with E-state index in [2.05, 4.69) is 20.5 Å². The van der Waals surface area contributed by atoms with Crippen molar-refractivity contribution < 1.29 is 45.3 Å². The van der Waals surface area contributed by atoms with Gasteiger partial charge in [-0.1, -0.05) is 48.5 Å². The van der Waals surface area contributed by atoms with Crippen molar-refractivity contribution in [3.8, 4) is 11.5 Å². The van der Waals surface area contributed by atoms with Crippen molar-refractivity contribution in [2.45, 2.75) is 36.9 Å². The van der Waals surface area contributed by atoms with E-state index < -0.39 is 23.7 Å². The molecule has 42 heavy (non-hydrogen) atoms. The molecule has 0 unspecified atom stereocenters. The van der Waals surface area contributed by atoms with Gasteiger partial charge in [0.2, 0.25) is 0 Å². The number of benzene rings is 3. The molecule has 3 aromatic rings. The minimum absolute atomic E-state index is 0.0607. The lowest BCUT2D eigenvalue weighted by molar-refractivity contribution is -0.166. The van der Waals surface area contributed by atoms with Gasteiger partial charge in [0.15, 0.2) is 0 Å². The molecule has 0 spiro atoms. The van der Waals surface area contributed by atoms with Crippen LogP contribution in [0.25, 0.3) is 0 Å². The first-order valence-electron chi connectivity index (χ1n) is 12.7. The van der Waals surface area contributed by atoms with Crippen molar-refractivity contribution in [1.82, 2.24) is 0 Å². The molecule has 0 aromatic heterocycles. The maximum absolute atomic E-state index is 13.2. The monoisotopic (exact) mass is 594 g/mol. The summed E-state index contributed by atoms with van der Waals surface area (Å²) >= 11 is 0. The van der Waals surface area contributed by atoms with Crippen molar-refractivity contribution in [3.05, 3.63) is 95.1 Å². The molecule has 3 aromatic carbocycles. The third-order valence-corrected chi connectivity index (χ3v) is 6.44. The zero-order valence-electron chi connectivity index (χ0n) is 21.9. The fraction of sp³-hybridized carbons (Fsp3) is 0.357. The lowest BCUT2D eigenvalue weighted by Crippen LogP contribution is -2.30. The SMILES string of the molecule is FC(F)(F)C1(c2ccc(OCCOCc3ccc(COCCOc4cccc(C5(C(F)(F)F)N=N5)c4)cc3)cc2)N=N1. The molecule has 5 rings (SSSR count). The van der Waals surface area contributed by atoms with E-state index in [9.17, 15) is 26.3 Å². The fourth-order valence-corrected chi connectivity index (χ4v) is 4.02. The molecule has 0 amide bonds. The Bertz CT molecular complexity index is 1410. The second-order valence-electron chi connectivity index (χ2n) is 9.41. The molecule has 2 aliphatic heterocycles. The highest BCUT2D eigenvalue weighted by molar-refractivity contribution is 5.37. The van der Waals surface area contributed by atoms with Gasteiger partial charge in [0.1, 0.15) is 24.7 Å². The van der Waals surface area contributed by atoms with Crippen LogP contribution in [0.3, 0.4) is 0 Å². The van der Waals surface area contributed by atoms with E-state index in [0.29, 0.717) is 19.0 Å². The molecule has 0 bridgehead atoms. The summed E-state index contributed by atoms with van der Waals surface area (Å²) < 4.78 is 101. The van der Waals surface area contributed by atoms with Crippen LogP contribution in [0.15, 0.2) is 93.3 Å².